The SMILES string of the molecule is COc1ccc(CN(C)S(=O)(=O)C(C)CNC(C)C)cc1. The van der Waals surface area contributed by atoms with Gasteiger partial charge in [0, 0.05) is 26.2 Å². The van der Waals surface area contributed by atoms with E-state index in [9.17, 15) is 8.42 Å². The van der Waals surface area contributed by atoms with Crippen molar-refractivity contribution in [2.24, 2.45) is 0 Å². The number of benzene rings is 1. The highest BCUT2D eigenvalue weighted by atomic mass is 32.2. The number of nitrogens with one attached hydrogen (secondary N) is 1. The van der Waals surface area contributed by atoms with Gasteiger partial charge in [0.25, 0.3) is 0 Å². The Bertz CT molecular complexity index is 526. The molecule has 1 aromatic rings. The Hall–Kier alpha value is -1.11. The maximum atomic E-state index is 12.4. The molecule has 0 saturated carbocycles. The lowest BCUT2D eigenvalue weighted by molar-refractivity contribution is 0.414. The molecule has 0 saturated heterocycles. The lowest BCUT2D eigenvalue weighted by Crippen LogP contribution is -2.41. The van der Waals surface area contributed by atoms with Crippen LogP contribution >= 0.6 is 0 Å². The van der Waals surface area contributed by atoms with Gasteiger partial charge in [0.15, 0.2) is 0 Å². The van der Waals surface area contributed by atoms with E-state index in [0.717, 1.165) is 11.3 Å². The van der Waals surface area contributed by atoms with E-state index in [1.807, 2.05) is 38.1 Å². The summed E-state index contributed by atoms with van der Waals surface area (Å²) in [5, 5.41) is 2.71. The predicted molar refractivity (Wildman–Crippen MR) is 86.0 cm³/mol. The summed E-state index contributed by atoms with van der Waals surface area (Å²) in [5.74, 6) is 0.763. The topological polar surface area (TPSA) is 58.6 Å². The molecular formula is C15H26N2O3S. The Morgan fingerprint density at radius 1 is 1.19 bits per heavy atom. The Morgan fingerprint density at radius 3 is 2.24 bits per heavy atom. The first-order chi connectivity index (χ1) is 9.77. The zero-order valence-corrected chi connectivity index (χ0v) is 14.3. The first-order valence-electron chi connectivity index (χ1n) is 7.08. The Labute approximate surface area is 128 Å². The monoisotopic (exact) mass is 314 g/mol. The van der Waals surface area contributed by atoms with Crippen molar-refractivity contribution in [3.05, 3.63) is 29.8 Å². The maximum absolute atomic E-state index is 12.4. The molecule has 5 nitrogen and oxygen atoms in total. The van der Waals surface area contributed by atoms with E-state index < -0.39 is 15.3 Å². The average molecular weight is 314 g/mol. The molecule has 120 valence electrons. The number of hydrogen-bond acceptors (Lipinski definition) is 4. The molecule has 0 fully saturated rings. The summed E-state index contributed by atoms with van der Waals surface area (Å²) < 4.78 is 31.4. The van der Waals surface area contributed by atoms with Crippen LogP contribution in [0.3, 0.4) is 0 Å². The van der Waals surface area contributed by atoms with Crippen molar-refractivity contribution in [1.82, 2.24) is 9.62 Å². The van der Waals surface area contributed by atoms with Crippen LogP contribution in [0.1, 0.15) is 26.3 Å². The molecule has 0 spiro atoms. The van der Waals surface area contributed by atoms with Gasteiger partial charge in [0.2, 0.25) is 10.0 Å². The summed E-state index contributed by atoms with van der Waals surface area (Å²) in [5.41, 5.74) is 0.936. The minimum atomic E-state index is -3.31. The smallest absolute Gasteiger partial charge is 0.218 e. The van der Waals surface area contributed by atoms with Crippen molar-refractivity contribution in [2.75, 3.05) is 20.7 Å². The third-order valence-electron chi connectivity index (χ3n) is 3.32. The normalized spacial score (nSPS) is 13.7. The van der Waals surface area contributed by atoms with Crippen molar-refractivity contribution >= 4 is 10.0 Å². The molecule has 6 heteroatoms. The third kappa shape index (κ3) is 5.30. The van der Waals surface area contributed by atoms with Gasteiger partial charge in [-0.15, -0.1) is 0 Å². The molecule has 0 bridgehead atoms. The van der Waals surface area contributed by atoms with Gasteiger partial charge in [-0.2, -0.15) is 0 Å². The van der Waals surface area contributed by atoms with Crippen LogP contribution in [-0.4, -0.2) is 44.7 Å². The maximum Gasteiger partial charge on any atom is 0.218 e. The fraction of sp³-hybridized carbons (Fsp3) is 0.600. The van der Waals surface area contributed by atoms with Gasteiger partial charge in [0.1, 0.15) is 5.75 Å². The van der Waals surface area contributed by atoms with Crippen molar-refractivity contribution in [3.63, 3.8) is 0 Å². The zero-order valence-electron chi connectivity index (χ0n) is 13.5. The predicted octanol–water partition coefficient (Wildman–Crippen LogP) is 1.84. The van der Waals surface area contributed by atoms with Crippen molar-refractivity contribution in [1.29, 1.82) is 0 Å². The van der Waals surface area contributed by atoms with Crippen LogP contribution in [0.25, 0.3) is 0 Å². The zero-order chi connectivity index (χ0) is 16.0. The molecule has 0 radical (unpaired) electrons. The third-order valence-corrected chi connectivity index (χ3v) is 5.50. The van der Waals surface area contributed by atoms with Crippen LogP contribution in [0.15, 0.2) is 24.3 Å². The summed E-state index contributed by atoms with van der Waals surface area (Å²) >= 11 is 0. The van der Waals surface area contributed by atoms with Gasteiger partial charge in [-0.05, 0) is 24.6 Å². The summed E-state index contributed by atoms with van der Waals surface area (Å²) in [6.45, 7) is 6.54. The van der Waals surface area contributed by atoms with Crippen molar-refractivity contribution in [3.8, 4) is 5.75 Å². The van der Waals surface area contributed by atoms with E-state index in [-0.39, 0.29) is 6.04 Å². The molecule has 1 unspecified atom stereocenters. The number of ether oxygens (including phenoxy) is 1. The van der Waals surface area contributed by atoms with Crippen LogP contribution in [-0.2, 0) is 16.6 Å². The summed E-state index contributed by atoms with van der Waals surface area (Å²) in [6.07, 6.45) is 0. The summed E-state index contributed by atoms with van der Waals surface area (Å²) in [7, 11) is -0.0863. The van der Waals surface area contributed by atoms with Crippen molar-refractivity contribution < 1.29 is 13.2 Å². The number of hydrogen-bond donors (Lipinski definition) is 1. The second-order valence-electron chi connectivity index (χ2n) is 5.52. The molecule has 1 N–H and O–H groups in total. The highest BCUT2D eigenvalue weighted by Gasteiger charge is 2.25. The van der Waals surface area contributed by atoms with Gasteiger partial charge >= 0.3 is 0 Å². The quantitative estimate of drug-likeness (QED) is 0.795. The van der Waals surface area contributed by atoms with Crippen LogP contribution in [0.5, 0.6) is 5.75 Å². The first-order valence-corrected chi connectivity index (χ1v) is 8.59. The Morgan fingerprint density at radius 2 is 1.76 bits per heavy atom. The Balaban J connectivity index is 2.69. The second kappa shape index (κ2) is 7.77. The van der Waals surface area contributed by atoms with Crippen LogP contribution < -0.4 is 10.1 Å². The molecule has 1 aromatic carbocycles. The van der Waals surface area contributed by atoms with Gasteiger partial charge < -0.3 is 10.1 Å². The van der Waals surface area contributed by atoms with E-state index in [2.05, 4.69) is 5.32 Å². The van der Waals surface area contributed by atoms with E-state index in [4.69, 9.17) is 4.74 Å². The minimum absolute atomic E-state index is 0.273. The van der Waals surface area contributed by atoms with E-state index in [1.54, 1.807) is 21.1 Å². The molecular weight excluding hydrogens is 288 g/mol. The molecule has 0 aliphatic carbocycles. The molecule has 21 heavy (non-hydrogen) atoms. The number of nitrogens with zero attached hydrogens (tertiary/aromatic N) is 1. The van der Waals surface area contributed by atoms with E-state index in [1.165, 1.54) is 4.31 Å². The largest absolute Gasteiger partial charge is 0.497 e. The molecule has 0 aromatic heterocycles. The van der Waals surface area contributed by atoms with Gasteiger partial charge in [-0.3, -0.25) is 0 Å². The van der Waals surface area contributed by atoms with E-state index in [0.29, 0.717) is 13.1 Å². The molecule has 1 rings (SSSR count). The lowest BCUT2D eigenvalue weighted by Gasteiger charge is -2.23. The fourth-order valence-corrected chi connectivity index (χ4v) is 3.14. The second-order valence-corrected chi connectivity index (χ2v) is 7.98. The van der Waals surface area contributed by atoms with Crippen LogP contribution in [0.4, 0.5) is 0 Å². The number of rotatable bonds is 8. The van der Waals surface area contributed by atoms with Gasteiger partial charge in [0.05, 0.1) is 12.4 Å². The van der Waals surface area contributed by atoms with Crippen molar-refractivity contribution in [2.45, 2.75) is 38.6 Å². The van der Waals surface area contributed by atoms with Gasteiger partial charge in [-0.1, -0.05) is 26.0 Å². The fourth-order valence-electron chi connectivity index (χ4n) is 1.89. The molecule has 0 heterocycles. The molecule has 0 amide bonds. The molecule has 0 aliphatic heterocycles. The standard InChI is InChI=1S/C15H26N2O3S/c1-12(2)16-10-13(3)21(18,19)17(4)11-14-6-8-15(20-5)9-7-14/h6-9,12-13,16H,10-11H2,1-5H3. The van der Waals surface area contributed by atoms with Crippen LogP contribution in [0, 0.1) is 0 Å². The minimum Gasteiger partial charge on any atom is -0.497 e. The first kappa shape index (κ1) is 17.9. The average Bonchev–Trinajstić information content (AvgIpc) is 2.45. The van der Waals surface area contributed by atoms with E-state index >= 15 is 0 Å². The highest BCUT2D eigenvalue weighted by molar-refractivity contribution is 7.89. The lowest BCUT2D eigenvalue weighted by atomic mass is 10.2. The number of methoxy groups -OCH3 is 1. The van der Waals surface area contributed by atoms with Crippen LogP contribution in [0.2, 0.25) is 0 Å². The highest BCUT2D eigenvalue weighted by Crippen LogP contribution is 2.15. The van der Waals surface area contributed by atoms with Gasteiger partial charge in [-0.25, -0.2) is 12.7 Å². The molecule has 1 atom stereocenters. The number of sulfonamides is 1. The summed E-state index contributed by atoms with van der Waals surface area (Å²) in [4.78, 5) is 0. The summed E-state index contributed by atoms with van der Waals surface area (Å²) in [6, 6.07) is 7.69. The molecule has 0 aliphatic rings. The Kier molecular flexibility index (Phi) is 6.64.